The summed E-state index contributed by atoms with van der Waals surface area (Å²) in [4.78, 5) is 6.47. The number of nitrogens with zero attached hydrogens (tertiary/aromatic N) is 2. The van der Waals surface area contributed by atoms with Gasteiger partial charge in [-0.15, -0.1) is 0 Å². The average Bonchev–Trinajstić information content (AvgIpc) is 2.67. The maximum absolute atomic E-state index is 13.7. The number of allylic oxidation sites excluding steroid dienone is 2. The van der Waals surface area contributed by atoms with E-state index >= 15 is 0 Å². The van der Waals surface area contributed by atoms with Gasteiger partial charge in [-0.25, -0.2) is 0 Å². The molecule has 27 heavy (non-hydrogen) atoms. The molecule has 0 radical (unpaired) electrons. The van der Waals surface area contributed by atoms with Crippen LogP contribution in [0.15, 0.2) is 77.3 Å². The molecule has 0 fully saturated rings. The minimum atomic E-state index is -4.49. The van der Waals surface area contributed by atoms with Crippen molar-refractivity contribution >= 4 is 23.1 Å². The average molecular weight is 371 g/mol. The Labute approximate surface area is 158 Å². The van der Waals surface area contributed by atoms with Crippen molar-refractivity contribution in [2.75, 3.05) is 6.54 Å². The number of benzene rings is 2. The van der Waals surface area contributed by atoms with Gasteiger partial charge in [0.05, 0.1) is 5.71 Å². The summed E-state index contributed by atoms with van der Waals surface area (Å²) in [6.07, 6.45) is -3.61. The summed E-state index contributed by atoms with van der Waals surface area (Å²) in [6.45, 7) is 4.48. The van der Waals surface area contributed by atoms with E-state index < -0.39 is 18.3 Å². The zero-order valence-electron chi connectivity index (χ0n) is 15.6. The highest BCUT2D eigenvalue weighted by atomic mass is 19.4. The van der Waals surface area contributed by atoms with E-state index in [4.69, 9.17) is 0 Å². The van der Waals surface area contributed by atoms with Gasteiger partial charge in [0.2, 0.25) is 0 Å². The highest BCUT2D eigenvalue weighted by Crippen LogP contribution is 2.29. The van der Waals surface area contributed by atoms with Crippen LogP contribution in [0.1, 0.15) is 26.7 Å². The van der Waals surface area contributed by atoms with Crippen LogP contribution in [-0.4, -0.2) is 29.7 Å². The molecule has 3 rings (SSSR count). The highest BCUT2D eigenvalue weighted by molar-refractivity contribution is 7.00. The Morgan fingerprint density at radius 3 is 1.89 bits per heavy atom. The second kappa shape index (κ2) is 7.63. The predicted molar refractivity (Wildman–Crippen MR) is 107 cm³/mol. The van der Waals surface area contributed by atoms with Crippen LogP contribution in [0.5, 0.6) is 0 Å². The number of halogens is 3. The van der Waals surface area contributed by atoms with Gasteiger partial charge in [0.25, 0.3) is 6.42 Å². The summed E-state index contributed by atoms with van der Waals surface area (Å²) < 4.78 is 41.1. The van der Waals surface area contributed by atoms with Gasteiger partial charge in [-0.3, -0.25) is 0 Å². The molecule has 6 heteroatoms. The van der Waals surface area contributed by atoms with E-state index in [1.807, 2.05) is 60.7 Å². The van der Waals surface area contributed by atoms with Crippen molar-refractivity contribution in [1.29, 1.82) is 0 Å². The molecule has 0 spiro atoms. The third kappa shape index (κ3) is 3.66. The first-order valence-corrected chi connectivity index (χ1v) is 9.28. The second-order valence-corrected chi connectivity index (χ2v) is 6.94. The first-order valence-electron chi connectivity index (χ1n) is 9.28. The summed E-state index contributed by atoms with van der Waals surface area (Å²) >= 11 is 0. The molecule has 1 aliphatic rings. The zero-order chi connectivity index (χ0) is 19.5. The quantitative estimate of drug-likeness (QED) is 0.717. The maximum Gasteiger partial charge on any atom is 0.429 e. The van der Waals surface area contributed by atoms with Crippen molar-refractivity contribution in [3.05, 3.63) is 72.4 Å². The fourth-order valence-electron chi connectivity index (χ4n) is 3.87. The lowest BCUT2D eigenvalue weighted by Crippen LogP contribution is -2.70. The Hall–Kier alpha value is -2.50. The Kier molecular flexibility index (Phi) is 5.44. The van der Waals surface area contributed by atoms with Crippen molar-refractivity contribution in [2.24, 2.45) is 4.90 Å². The standard InChI is InChI=1S/C21H23BF3N2/c1-3-4-15-27-17(2)16-20(21(23,24)25)26-22(27,18-11-7-5-8-12-18)19-13-9-6-10-14-19/h5-14,16H,3-4,15H2,1-2H3/q-1. The lowest BCUT2D eigenvalue weighted by atomic mass is 9.35. The third-order valence-electron chi connectivity index (χ3n) is 5.15. The van der Waals surface area contributed by atoms with Crippen molar-refractivity contribution in [3.8, 4) is 0 Å². The van der Waals surface area contributed by atoms with E-state index in [0.717, 1.165) is 23.8 Å². The van der Waals surface area contributed by atoms with Crippen LogP contribution < -0.4 is 10.9 Å². The number of rotatable bonds is 5. The van der Waals surface area contributed by atoms with E-state index in [1.54, 1.807) is 6.92 Å². The zero-order valence-corrected chi connectivity index (χ0v) is 15.6. The van der Waals surface area contributed by atoms with Gasteiger partial charge in [0, 0.05) is 0 Å². The van der Waals surface area contributed by atoms with Gasteiger partial charge in [0.1, 0.15) is 0 Å². The van der Waals surface area contributed by atoms with E-state index in [0.29, 0.717) is 12.2 Å². The van der Waals surface area contributed by atoms with E-state index in [1.165, 1.54) is 6.08 Å². The Balaban J connectivity index is 2.31. The van der Waals surface area contributed by atoms with Crippen LogP contribution in [0.25, 0.3) is 0 Å². The summed E-state index contributed by atoms with van der Waals surface area (Å²) in [5, 5.41) is 0. The number of hydrogen-bond donors (Lipinski definition) is 0. The van der Waals surface area contributed by atoms with Crippen molar-refractivity contribution in [1.82, 2.24) is 4.81 Å². The molecule has 0 aromatic heterocycles. The molecular formula is C21H23BF3N2-. The molecule has 0 amide bonds. The lowest BCUT2D eigenvalue weighted by molar-refractivity contribution is -0.0577. The SMILES string of the molecule is CCCCN1C(C)=CC(C(F)(F)F)=N[B-]1(c1ccccc1)c1ccccc1. The van der Waals surface area contributed by atoms with Crippen molar-refractivity contribution in [3.63, 3.8) is 0 Å². The second-order valence-electron chi connectivity index (χ2n) is 6.94. The van der Waals surface area contributed by atoms with Gasteiger partial charge in [-0.1, -0.05) is 74.0 Å². The highest BCUT2D eigenvalue weighted by Gasteiger charge is 2.42. The molecule has 142 valence electrons. The van der Waals surface area contributed by atoms with Crippen molar-refractivity contribution in [2.45, 2.75) is 32.9 Å². The molecular weight excluding hydrogens is 348 g/mol. The third-order valence-corrected chi connectivity index (χ3v) is 5.15. The summed E-state index contributed by atoms with van der Waals surface area (Å²) in [7, 11) is 0. The van der Waals surface area contributed by atoms with Gasteiger partial charge in [0.15, 0.2) is 0 Å². The first-order chi connectivity index (χ1) is 12.9. The number of hydrogen-bond acceptors (Lipinski definition) is 2. The predicted octanol–water partition coefficient (Wildman–Crippen LogP) is 4.27. The maximum atomic E-state index is 13.7. The summed E-state index contributed by atoms with van der Waals surface area (Å²) in [5.74, 6) is 0. The Bertz CT molecular complexity index is 790. The molecule has 1 heterocycles. The first kappa shape index (κ1) is 19.3. The van der Waals surface area contributed by atoms with Gasteiger partial charge >= 0.3 is 6.18 Å². The smallest absolute Gasteiger partial charge is 0.429 e. The van der Waals surface area contributed by atoms with E-state index in [-0.39, 0.29) is 0 Å². The Morgan fingerprint density at radius 2 is 1.44 bits per heavy atom. The van der Waals surface area contributed by atoms with Crippen LogP contribution in [0.4, 0.5) is 13.2 Å². The number of unbranched alkanes of at least 4 members (excludes halogenated alkanes) is 1. The van der Waals surface area contributed by atoms with Gasteiger partial charge in [-0.05, 0) is 31.7 Å². The minimum absolute atomic E-state index is 0.596. The van der Waals surface area contributed by atoms with Crippen LogP contribution in [0.2, 0.25) is 0 Å². The molecule has 0 saturated heterocycles. The normalized spacial score (nSPS) is 16.7. The van der Waals surface area contributed by atoms with E-state index in [9.17, 15) is 13.2 Å². The van der Waals surface area contributed by atoms with Crippen molar-refractivity contribution < 1.29 is 13.2 Å². The molecule has 0 saturated carbocycles. The van der Waals surface area contributed by atoms with Gasteiger partial charge in [-0.2, -0.15) is 24.1 Å². The molecule has 0 atom stereocenters. The summed E-state index contributed by atoms with van der Waals surface area (Å²) in [6, 6.07) is 18.7. The lowest BCUT2D eigenvalue weighted by Gasteiger charge is -2.54. The largest absolute Gasteiger partial charge is 0.523 e. The molecule has 0 unspecified atom stereocenters. The van der Waals surface area contributed by atoms with Crippen LogP contribution in [-0.2, 0) is 0 Å². The van der Waals surface area contributed by atoms with Crippen LogP contribution >= 0.6 is 0 Å². The molecule has 0 N–H and O–H groups in total. The molecule has 0 aliphatic carbocycles. The molecule has 2 aromatic carbocycles. The molecule has 2 nitrogen and oxygen atoms in total. The molecule has 0 bridgehead atoms. The fraction of sp³-hybridized carbons (Fsp3) is 0.286. The van der Waals surface area contributed by atoms with Crippen LogP contribution in [0.3, 0.4) is 0 Å². The molecule has 1 aliphatic heterocycles. The molecule has 2 aromatic rings. The summed E-state index contributed by atoms with van der Waals surface area (Å²) in [5.41, 5.74) is 1.35. The minimum Gasteiger partial charge on any atom is -0.523 e. The van der Waals surface area contributed by atoms with Gasteiger partial charge < -0.3 is 9.71 Å². The van der Waals surface area contributed by atoms with E-state index in [2.05, 4.69) is 16.6 Å². The Morgan fingerprint density at radius 1 is 0.926 bits per heavy atom. The van der Waals surface area contributed by atoms with Crippen LogP contribution in [0, 0.1) is 0 Å². The number of alkyl halides is 3. The fourth-order valence-corrected chi connectivity index (χ4v) is 3.87. The topological polar surface area (TPSA) is 15.6 Å². The monoisotopic (exact) mass is 371 g/mol.